The number of nitrogens with two attached hydrogens (primary N) is 1. The standard InChI is InChI=1S/C12H16N2O/c1-8-4-9(6-13)2-3-11(8)10-5-12(15)14-7-10/h2-4,10H,5-7,13H2,1H3,(H,14,15). The molecule has 3 heteroatoms. The zero-order valence-electron chi connectivity index (χ0n) is 8.92. The summed E-state index contributed by atoms with van der Waals surface area (Å²) in [6, 6.07) is 6.26. The van der Waals surface area contributed by atoms with Crippen molar-refractivity contribution in [1.29, 1.82) is 0 Å². The lowest BCUT2D eigenvalue weighted by atomic mass is 9.93. The van der Waals surface area contributed by atoms with Gasteiger partial charge in [0.1, 0.15) is 0 Å². The summed E-state index contributed by atoms with van der Waals surface area (Å²) in [4.78, 5) is 11.1. The third-order valence-corrected chi connectivity index (χ3v) is 2.99. The van der Waals surface area contributed by atoms with E-state index in [4.69, 9.17) is 5.73 Å². The summed E-state index contributed by atoms with van der Waals surface area (Å²) in [5, 5.41) is 2.86. The predicted octanol–water partition coefficient (Wildman–Crippen LogP) is 1.06. The lowest BCUT2D eigenvalue weighted by Crippen LogP contribution is -2.13. The molecule has 1 unspecified atom stereocenters. The molecule has 0 radical (unpaired) electrons. The lowest BCUT2D eigenvalue weighted by Gasteiger charge is -2.12. The van der Waals surface area contributed by atoms with Crippen molar-refractivity contribution in [3.05, 3.63) is 34.9 Å². The summed E-state index contributed by atoms with van der Waals surface area (Å²) in [5.74, 6) is 0.492. The molecule has 1 fully saturated rings. The zero-order valence-corrected chi connectivity index (χ0v) is 8.92. The molecule has 1 saturated heterocycles. The van der Waals surface area contributed by atoms with Gasteiger partial charge in [-0.3, -0.25) is 4.79 Å². The van der Waals surface area contributed by atoms with Crippen LogP contribution in [0.4, 0.5) is 0 Å². The monoisotopic (exact) mass is 204 g/mol. The maximum Gasteiger partial charge on any atom is 0.220 e. The number of aryl methyl sites for hydroxylation is 1. The second-order valence-electron chi connectivity index (χ2n) is 4.10. The van der Waals surface area contributed by atoms with Crippen molar-refractivity contribution in [2.45, 2.75) is 25.8 Å². The van der Waals surface area contributed by atoms with Crippen LogP contribution in [0.1, 0.15) is 29.0 Å². The molecular weight excluding hydrogens is 188 g/mol. The van der Waals surface area contributed by atoms with Crippen molar-refractivity contribution in [3.63, 3.8) is 0 Å². The molecule has 1 aromatic rings. The van der Waals surface area contributed by atoms with E-state index in [9.17, 15) is 4.79 Å². The SMILES string of the molecule is Cc1cc(CN)ccc1C1CNC(=O)C1. The number of benzene rings is 1. The molecule has 0 saturated carbocycles. The van der Waals surface area contributed by atoms with Crippen LogP contribution in [0.15, 0.2) is 18.2 Å². The van der Waals surface area contributed by atoms with Gasteiger partial charge in [-0.25, -0.2) is 0 Å². The maximum atomic E-state index is 11.1. The third-order valence-electron chi connectivity index (χ3n) is 2.99. The second-order valence-corrected chi connectivity index (χ2v) is 4.10. The smallest absolute Gasteiger partial charge is 0.220 e. The Balaban J connectivity index is 2.25. The maximum absolute atomic E-state index is 11.1. The number of carbonyl (C=O) groups excluding carboxylic acids is 1. The molecule has 1 atom stereocenters. The molecule has 1 amide bonds. The van der Waals surface area contributed by atoms with E-state index in [-0.39, 0.29) is 5.91 Å². The van der Waals surface area contributed by atoms with Crippen molar-refractivity contribution in [3.8, 4) is 0 Å². The molecule has 1 heterocycles. The summed E-state index contributed by atoms with van der Waals surface area (Å²) in [6.45, 7) is 3.42. The highest BCUT2D eigenvalue weighted by molar-refractivity contribution is 5.79. The second kappa shape index (κ2) is 4.03. The third kappa shape index (κ3) is 2.02. The van der Waals surface area contributed by atoms with Crippen LogP contribution in [0.25, 0.3) is 0 Å². The minimum absolute atomic E-state index is 0.155. The lowest BCUT2D eigenvalue weighted by molar-refractivity contribution is -0.119. The van der Waals surface area contributed by atoms with E-state index in [0.717, 1.165) is 12.1 Å². The van der Waals surface area contributed by atoms with Crippen LogP contribution >= 0.6 is 0 Å². The predicted molar refractivity (Wildman–Crippen MR) is 59.4 cm³/mol. The molecule has 3 nitrogen and oxygen atoms in total. The Kier molecular flexibility index (Phi) is 2.73. The fraction of sp³-hybridized carbons (Fsp3) is 0.417. The molecule has 2 rings (SSSR count). The van der Waals surface area contributed by atoms with Crippen molar-refractivity contribution in [2.75, 3.05) is 6.54 Å². The molecular formula is C12H16N2O. The summed E-state index contributed by atoms with van der Waals surface area (Å²) in [6.07, 6.45) is 0.614. The first kappa shape index (κ1) is 10.2. The first-order valence-electron chi connectivity index (χ1n) is 5.27. The molecule has 0 spiro atoms. The molecule has 15 heavy (non-hydrogen) atoms. The first-order valence-corrected chi connectivity index (χ1v) is 5.27. The minimum atomic E-state index is 0.155. The number of hydrogen-bond donors (Lipinski definition) is 2. The zero-order chi connectivity index (χ0) is 10.8. The van der Waals surface area contributed by atoms with Crippen LogP contribution in [-0.4, -0.2) is 12.5 Å². The van der Waals surface area contributed by atoms with Crippen LogP contribution in [-0.2, 0) is 11.3 Å². The van der Waals surface area contributed by atoms with Gasteiger partial charge in [0.05, 0.1) is 0 Å². The van der Waals surface area contributed by atoms with Gasteiger partial charge in [-0.05, 0) is 23.6 Å². The van der Waals surface area contributed by atoms with Gasteiger partial charge in [-0.15, -0.1) is 0 Å². The fourth-order valence-corrected chi connectivity index (χ4v) is 2.15. The van der Waals surface area contributed by atoms with E-state index in [1.165, 1.54) is 11.1 Å². The molecule has 3 N–H and O–H groups in total. The largest absolute Gasteiger partial charge is 0.355 e. The number of nitrogens with one attached hydrogen (secondary N) is 1. The van der Waals surface area contributed by atoms with Gasteiger partial charge in [-0.2, -0.15) is 0 Å². The van der Waals surface area contributed by atoms with Crippen molar-refractivity contribution >= 4 is 5.91 Å². The molecule has 0 bridgehead atoms. The Morgan fingerprint density at radius 1 is 1.53 bits per heavy atom. The topological polar surface area (TPSA) is 55.1 Å². The van der Waals surface area contributed by atoms with Crippen LogP contribution in [0.5, 0.6) is 0 Å². The molecule has 1 aromatic carbocycles. The first-order chi connectivity index (χ1) is 7.20. The van der Waals surface area contributed by atoms with Gasteiger partial charge in [0.15, 0.2) is 0 Å². The Bertz CT molecular complexity index is 387. The van der Waals surface area contributed by atoms with Gasteiger partial charge in [0.2, 0.25) is 5.91 Å². The molecule has 0 aliphatic carbocycles. The summed E-state index contributed by atoms with van der Waals surface area (Å²) >= 11 is 0. The quantitative estimate of drug-likeness (QED) is 0.756. The van der Waals surface area contributed by atoms with E-state index in [1.54, 1.807) is 0 Å². The van der Waals surface area contributed by atoms with E-state index < -0.39 is 0 Å². The Hall–Kier alpha value is -1.35. The number of hydrogen-bond acceptors (Lipinski definition) is 2. The van der Waals surface area contributed by atoms with Gasteiger partial charge in [-0.1, -0.05) is 18.2 Å². The van der Waals surface area contributed by atoms with Gasteiger partial charge in [0, 0.05) is 25.4 Å². The minimum Gasteiger partial charge on any atom is -0.355 e. The Morgan fingerprint density at radius 3 is 2.87 bits per heavy atom. The van der Waals surface area contributed by atoms with Crippen LogP contribution in [0.2, 0.25) is 0 Å². The molecule has 80 valence electrons. The van der Waals surface area contributed by atoms with E-state index in [1.807, 2.05) is 6.07 Å². The number of rotatable bonds is 2. The summed E-state index contributed by atoms with van der Waals surface area (Å²) < 4.78 is 0. The fourth-order valence-electron chi connectivity index (χ4n) is 2.15. The summed E-state index contributed by atoms with van der Waals surface area (Å²) in [7, 11) is 0. The van der Waals surface area contributed by atoms with Crippen molar-refractivity contribution < 1.29 is 4.79 Å². The number of carbonyl (C=O) groups is 1. The molecule has 1 aliphatic rings. The average Bonchev–Trinajstić information content (AvgIpc) is 2.64. The Labute approximate surface area is 89.7 Å². The highest BCUT2D eigenvalue weighted by atomic mass is 16.1. The van der Waals surface area contributed by atoms with Crippen molar-refractivity contribution in [1.82, 2.24) is 5.32 Å². The molecule has 1 aliphatic heterocycles. The van der Waals surface area contributed by atoms with Crippen LogP contribution in [0, 0.1) is 6.92 Å². The van der Waals surface area contributed by atoms with Crippen molar-refractivity contribution in [2.24, 2.45) is 5.73 Å². The highest BCUT2D eigenvalue weighted by Crippen LogP contribution is 2.26. The van der Waals surface area contributed by atoms with E-state index >= 15 is 0 Å². The van der Waals surface area contributed by atoms with Gasteiger partial charge >= 0.3 is 0 Å². The Morgan fingerprint density at radius 2 is 2.33 bits per heavy atom. The van der Waals surface area contributed by atoms with Gasteiger partial charge in [0.25, 0.3) is 0 Å². The van der Waals surface area contributed by atoms with E-state index in [2.05, 4.69) is 24.4 Å². The summed E-state index contributed by atoms with van der Waals surface area (Å²) in [5.41, 5.74) is 9.23. The van der Waals surface area contributed by atoms with Crippen LogP contribution in [0.3, 0.4) is 0 Å². The van der Waals surface area contributed by atoms with E-state index in [0.29, 0.717) is 18.9 Å². The number of amides is 1. The average molecular weight is 204 g/mol. The molecule has 0 aromatic heterocycles. The van der Waals surface area contributed by atoms with Gasteiger partial charge < -0.3 is 11.1 Å². The normalized spacial score (nSPS) is 20.4. The highest BCUT2D eigenvalue weighted by Gasteiger charge is 2.23. The van der Waals surface area contributed by atoms with Crippen LogP contribution < -0.4 is 11.1 Å².